The summed E-state index contributed by atoms with van der Waals surface area (Å²) in [5.41, 5.74) is 4.14. The minimum absolute atomic E-state index is 0.252. The number of rotatable bonds is 4. The average molecular weight is 365 g/mol. The Morgan fingerprint density at radius 3 is 2.78 bits per heavy atom. The van der Waals surface area contributed by atoms with Crippen molar-refractivity contribution in [1.29, 1.82) is 0 Å². The van der Waals surface area contributed by atoms with Crippen LogP contribution in [0.4, 0.5) is 0 Å². The fourth-order valence-electron chi connectivity index (χ4n) is 3.79. The van der Waals surface area contributed by atoms with Crippen molar-refractivity contribution in [3.05, 3.63) is 69.1 Å². The smallest absolute Gasteiger partial charge is 0.339 e. The normalized spacial score (nSPS) is 14.0. The van der Waals surface area contributed by atoms with E-state index in [1.807, 2.05) is 44.2 Å². The van der Waals surface area contributed by atoms with Crippen LogP contribution >= 0.6 is 0 Å². The lowest BCUT2D eigenvalue weighted by atomic mass is 10.0. The van der Waals surface area contributed by atoms with E-state index in [-0.39, 0.29) is 5.63 Å². The van der Waals surface area contributed by atoms with E-state index in [1.165, 1.54) is 0 Å². The van der Waals surface area contributed by atoms with Crippen LogP contribution in [0.25, 0.3) is 11.0 Å². The number of fused-ring (bicyclic) bond motifs is 3. The number of hydrogen-bond acceptors (Lipinski definition) is 5. The fourth-order valence-corrected chi connectivity index (χ4v) is 3.79. The van der Waals surface area contributed by atoms with E-state index in [9.17, 15) is 4.79 Å². The van der Waals surface area contributed by atoms with Gasteiger partial charge in [0, 0.05) is 29.6 Å². The van der Waals surface area contributed by atoms with E-state index >= 15 is 0 Å². The minimum Gasteiger partial charge on any atom is -0.496 e. The molecule has 4 rings (SSSR count). The molecule has 0 N–H and O–H groups in total. The van der Waals surface area contributed by atoms with Crippen LogP contribution in [0.15, 0.2) is 45.6 Å². The molecule has 1 aliphatic rings. The second-order valence-electron chi connectivity index (χ2n) is 6.84. The predicted octanol–water partition coefficient (Wildman–Crippen LogP) is 4.02. The molecule has 1 aromatic heterocycles. The van der Waals surface area contributed by atoms with Crippen LogP contribution in [-0.2, 0) is 19.5 Å². The standard InChI is InChI=1S/C22H23NO4/c1-4-16-14(2)17-9-10-20-18(21(17)27-22(16)24)12-23(13-26-20)11-15-7-5-6-8-19(15)25-3/h5-10H,4,11-13H2,1-3H3. The molecule has 0 spiro atoms. The highest BCUT2D eigenvalue weighted by atomic mass is 16.5. The highest BCUT2D eigenvalue weighted by Crippen LogP contribution is 2.34. The Kier molecular flexibility index (Phi) is 4.62. The van der Waals surface area contributed by atoms with Crippen molar-refractivity contribution in [3.63, 3.8) is 0 Å². The third kappa shape index (κ3) is 3.08. The lowest BCUT2D eigenvalue weighted by Gasteiger charge is -2.29. The molecule has 27 heavy (non-hydrogen) atoms. The van der Waals surface area contributed by atoms with Gasteiger partial charge >= 0.3 is 5.63 Å². The van der Waals surface area contributed by atoms with Gasteiger partial charge in [-0.2, -0.15) is 0 Å². The fraction of sp³-hybridized carbons (Fsp3) is 0.318. The van der Waals surface area contributed by atoms with Crippen molar-refractivity contribution in [2.24, 2.45) is 0 Å². The maximum Gasteiger partial charge on any atom is 0.339 e. The Morgan fingerprint density at radius 1 is 1.19 bits per heavy atom. The highest BCUT2D eigenvalue weighted by Gasteiger charge is 2.23. The minimum atomic E-state index is -0.252. The number of nitrogens with zero attached hydrogens (tertiary/aromatic N) is 1. The predicted molar refractivity (Wildman–Crippen MR) is 104 cm³/mol. The van der Waals surface area contributed by atoms with Crippen molar-refractivity contribution < 1.29 is 13.9 Å². The maximum atomic E-state index is 12.4. The molecule has 5 heteroatoms. The Balaban J connectivity index is 1.73. The SMILES string of the molecule is CCc1c(C)c2ccc3c(c2oc1=O)CN(Cc1ccccc1OC)CO3. The van der Waals surface area contributed by atoms with Crippen molar-refractivity contribution in [2.75, 3.05) is 13.8 Å². The molecule has 0 fully saturated rings. The lowest BCUT2D eigenvalue weighted by molar-refractivity contribution is 0.0882. The molecule has 0 bridgehead atoms. The lowest BCUT2D eigenvalue weighted by Crippen LogP contribution is -2.32. The first-order valence-corrected chi connectivity index (χ1v) is 9.17. The van der Waals surface area contributed by atoms with Gasteiger partial charge in [-0.1, -0.05) is 25.1 Å². The van der Waals surface area contributed by atoms with Gasteiger partial charge in [0.15, 0.2) is 0 Å². The second-order valence-corrected chi connectivity index (χ2v) is 6.84. The molecule has 5 nitrogen and oxygen atoms in total. The number of para-hydroxylation sites is 1. The van der Waals surface area contributed by atoms with Gasteiger partial charge in [-0.25, -0.2) is 4.79 Å². The van der Waals surface area contributed by atoms with E-state index in [2.05, 4.69) is 11.0 Å². The Labute approximate surface area is 158 Å². The molecule has 0 aliphatic carbocycles. The van der Waals surface area contributed by atoms with E-state index in [0.717, 1.165) is 39.1 Å². The van der Waals surface area contributed by atoms with Crippen LogP contribution in [0.3, 0.4) is 0 Å². The van der Waals surface area contributed by atoms with E-state index in [0.29, 0.717) is 31.8 Å². The second kappa shape index (κ2) is 7.08. The van der Waals surface area contributed by atoms with Gasteiger partial charge in [-0.05, 0) is 37.1 Å². The Hall–Kier alpha value is -2.79. The maximum absolute atomic E-state index is 12.4. The van der Waals surface area contributed by atoms with Crippen LogP contribution in [0, 0.1) is 6.92 Å². The average Bonchev–Trinajstić information content (AvgIpc) is 2.68. The molecule has 0 unspecified atom stereocenters. The van der Waals surface area contributed by atoms with Crippen LogP contribution in [0.2, 0.25) is 0 Å². The zero-order valence-corrected chi connectivity index (χ0v) is 15.9. The van der Waals surface area contributed by atoms with Crippen molar-refractivity contribution in [3.8, 4) is 11.5 Å². The Bertz CT molecular complexity index is 1050. The summed E-state index contributed by atoms with van der Waals surface area (Å²) in [4.78, 5) is 14.6. The van der Waals surface area contributed by atoms with Gasteiger partial charge in [-0.3, -0.25) is 4.90 Å². The highest BCUT2D eigenvalue weighted by molar-refractivity contribution is 5.86. The molecule has 0 saturated carbocycles. The molecule has 2 aromatic carbocycles. The van der Waals surface area contributed by atoms with Crippen LogP contribution in [0.5, 0.6) is 11.5 Å². The summed E-state index contributed by atoms with van der Waals surface area (Å²) in [6.07, 6.45) is 0.664. The van der Waals surface area contributed by atoms with Gasteiger partial charge in [0.25, 0.3) is 0 Å². The number of hydrogen-bond donors (Lipinski definition) is 0. The molecule has 0 amide bonds. The summed E-state index contributed by atoms with van der Waals surface area (Å²) < 4.78 is 17.1. The molecule has 140 valence electrons. The summed E-state index contributed by atoms with van der Waals surface area (Å²) in [5.74, 6) is 1.64. The van der Waals surface area contributed by atoms with Gasteiger partial charge in [0.2, 0.25) is 0 Å². The quantitative estimate of drug-likeness (QED) is 0.654. The summed E-state index contributed by atoms with van der Waals surface area (Å²) >= 11 is 0. The first-order valence-electron chi connectivity index (χ1n) is 9.17. The van der Waals surface area contributed by atoms with Gasteiger partial charge < -0.3 is 13.9 Å². The third-order valence-electron chi connectivity index (χ3n) is 5.24. The molecule has 2 heterocycles. The topological polar surface area (TPSA) is 51.9 Å². The van der Waals surface area contributed by atoms with E-state index in [4.69, 9.17) is 13.9 Å². The molecule has 3 aromatic rings. The number of ether oxygens (including phenoxy) is 2. The number of benzene rings is 2. The van der Waals surface area contributed by atoms with Gasteiger partial charge in [0.1, 0.15) is 23.8 Å². The van der Waals surface area contributed by atoms with E-state index in [1.54, 1.807) is 7.11 Å². The number of aryl methyl sites for hydroxylation is 1. The van der Waals surface area contributed by atoms with E-state index < -0.39 is 0 Å². The Morgan fingerprint density at radius 2 is 2.00 bits per heavy atom. The molecule has 0 radical (unpaired) electrons. The zero-order chi connectivity index (χ0) is 19.0. The number of methoxy groups -OCH3 is 1. The van der Waals surface area contributed by atoms with Gasteiger partial charge in [0.05, 0.1) is 12.7 Å². The first kappa shape index (κ1) is 17.6. The summed E-state index contributed by atoms with van der Waals surface area (Å²) in [6.45, 7) is 5.78. The molecular weight excluding hydrogens is 342 g/mol. The summed E-state index contributed by atoms with van der Waals surface area (Å²) in [5, 5.41) is 0.980. The molecule has 1 aliphatic heterocycles. The molecule has 0 saturated heterocycles. The van der Waals surface area contributed by atoms with Crippen molar-refractivity contribution >= 4 is 11.0 Å². The molecule has 0 atom stereocenters. The van der Waals surface area contributed by atoms with Crippen LogP contribution in [0.1, 0.15) is 29.2 Å². The van der Waals surface area contributed by atoms with Gasteiger partial charge in [-0.15, -0.1) is 0 Å². The summed E-state index contributed by atoms with van der Waals surface area (Å²) in [6, 6.07) is 11.9. The first-order chi connectivity index (χ1) is 13.1. The third-order valence-corrected chi connectivity index (χ3v) is 5.24. The van der Waals surface area contributed by atoms with Crippen molar-refractivity contribution in [2.45, 2.75) is 33.4 Å². The monoisotopic (exact) mass is 365 g/mol. The largest absolute Gasteiger partial charge is 0.496 e. The zero-order valence-electron chi connectivity index (χ0n) is 15.9. The molecular formula is C22H23NO4. The van der Waals surface area contributed by atoms with Crippen molar-refractivity contribution in [1.82, 2.24) is 4.90 Å². The summed E-state index contributed by atoms with van der Waals surface area (Å²) in [7, 11) is 1.68. The van der Waals surface area contributed by atoms with Crippen LogP contribution in [-0.4, -0.2) is 18.7 Å². The van der Waals surface area contributed by atoms with Crippen LogP contribution < -0.4 is 15.1 Å².